The predicted molar refractivity (Wildman–Crippen MR) is 153 cm³/mol. The zero-order valence-electron chi connectivity index (χ0n) is 22.8. The first-order chi connectivity index (χ1) is 19.0. The van der Waals surface area contributed by atoms with Gasteiger partial charge in [0.1, 0.15) is 11.9 Å². The van der Waals surface area contributed by atoms with E-state index in [9.17, 15) is 5.26 Å². The highest BCUT2D eigenvalue weighted by Crippen LogP contribution is 2.30. The van der Waals surface area contributed by atoms with Crippen LogP contribution in [0.2, 0.25) is 0 Å². The van der Waals surface area contributed by atoms with Crippen molar-refractivity contribution in [2.24, 2.45) is 11.7 Å². The number of rotatable bonds is 5. The molecule has 3 aliphatic heterocycles. The van der Waals surface area contributed by atoms with Crippen molar-refractivity contribution >= 4 is 28.4 Å². The summed E-state index contributed by atoms with van der Waals surface area (Å²) < 4.78 is 6.40. The van der Waals surface area contributed by atoms with E-state index in [0.29, 0.717) is 11.5 Å². The third kappa shape index (κ3) is 5.35. The summed E-state index contributed by atoms with van der Waals surface area (Å²) in [5.41, 5.74) is 8.72. The van der Waals surface area contributed by atoms with Gasteiger partial charge in [0, 0.05) is 88.4 Å². The maximum atomic E-state index is 9.53. The Labute approximate surface area is 230 Å². The van der Waals surface area contributed by atoms with E-state index in [0.717, 1.165) is 87.3 Å². The van der Waals surface area contributed by atoms with Crippen LogP contribution in [0.4, 0.5) is 17.5 Å². The van der Waals surface area contributed by atoms with Gasteiger partial charge >= 0.3 is 0 Å². The van der Waals surface area contributed by atoms with Crippen LogP contribution in [0.3, 0.4) is 0 Å². The fraction of sp³-hybridized carbons (Fsp3) is 0.517. The number of pyridine rings is 1. The van der Waals surface area contributed by atoms with Crippen molar-refractivity contribution in [3.8, 4) is 6.07 Å². The Hall–Kier alpha value is -3.52. The zero-order chi connectivity index (χ0) is 26.9. The Balaban J connectivity index is 1.08. The molecule has 2 N–H and O–H groups in total. The molecule has 0 aliphatic carbocycles. The highest BCUT2D eigenvalue weighted by molar-refractivity contribution is 5.95. The van der Waals surface area contributed by atoms with Gasteiger partial charge in [-0.05, 0) is 43.2 Å². The highest BCUT2D eigenvalue weighted by Gasteiger charge is 2.31. The highest BCUT2D eigenvalue weighted by atomic mass is 16.5. The van der Waals surface area contributed by atoms with Crippen LogP contribution in [-0.4, -0.2) is 97.0 Å². The molecule has 204 valence electrons. The molecule has 6 rings (SSSR count). The number of fused-ring (bicyclic) bond motifs is 1. The van der Waals surface area contributed by atoms with Gasteiger partial charge in [-0.2, -0.15) is 10.2 Å². The van der Waals surface area contributed by atoms with E-state index < -0.39 is 0 Å². The Morgan fingerprint density at radius 2 is 1.79 bits per heavy atom. The van der Waals surface area contributed by atoms with Crippen LogP contribution in [0.15, 0.2) is 42.7 Å². The second kappa shape index (κ2) is 10.9. The van der Waals surface area contributed by atoms with Crippen molar-refractivity contribution in [3.63, 3.8) is 0 Å². The smallest absolute Gasteiger partial charge is 0.227 e. The van der Waals surface area contributed by atoms with Crippen LogP contribution in [-0.2, 0) is 4.74 Å². The summed E-state index contributed by atoms with van der Waals surface area (Å²) in [6.45, 7) is 12.3. The Bertz CT molecular complexity index is 1340. The number of ether oxygens (including phenoxy) is 1. The number of benzene rings is 1. The lowest BCUT2D eigenvalue weighted by molar-refractivity contribution is -0.0327. The molecular weight excluding hydrogens is 490 g/mol. The Morgan fingerprint density at radius 1 is 0.949 bits per heavy atom. The molecule has 10 heteroatoms. The first-order valence-electron chi connectivity index (χ1n) is 14.0. The molecule has 0 radical (unpaired) electrons. The van der Waals surface area contributed by atoms with Gasteiger partial charge in [-0.15, -0.1) is 0 Å². The molecule has 2 aromatic heterocycles. The summed E-state index contributed by atoms with van der Waals surface area (Å²) in [6, 6.07) is 12.4. The van der Waals surface area contributed by atoms with Gasteiger partial charge < -0.3 is 25.2 Å². The summed E-state index contributed by atoms with van der Waals surface area (Å²) in [4.78, 5) is 23.4. The topological polar surface area (TPSA) is 111 Å². The van der Waals surface area contributed by atoms with Crippen LogP contribution in [0.5, 0.6) is 0 Å². The van der Waals surface area contributed by atoms with Crippen molar-refractivity contribution in [2.75, 3.05) is 73.6 Å². The molecule has 3 fully saturated rings. The zero-order valence-corrected chi connectivity index (χ0v) is 22.8. The monoisotopic (exact) mass is 527 g/mol. The molecule has 3 saturated heterocycles. The molecule has 10 nitrogen and oxygen atoms in total. The van der Waals surface area contributed by atoms with Crippen LogP contribution >= 0.6 is 0 Å². The molecule has 0 saturated carbocycles. The molecular formula is C29H37N9O. The summed E-state index contributed by atoms with van der Waals surface area (Å²) in [5, 5.41) is 10.6. The number of nitrogens with zero attached hydrogens (tertiary/aromatic N) is 8. The summed E-state index contributed by atoms with van der Waals surface area (Å²) in [6.07, 6.45) is 3.84. The summed E-state index contributed by atoms with van der Waals surface area (Å²) in [5.74, 6) is 2.22. The van der Waals surface area contributed by atoms with Gasteiger partial charge in [0.05, 0.1) is 23.3 Å². The lowest BCUT2D eigenvalue weighted by atomic mass is 10.1. The molecule has 1 aromatic carbocycles. The molecule has 0 bridgehead atoms. The van der Waals surface area contributed by atoms with Crippen LogP contribution in [0.25, 0.3) is 10.9 Å². The maximum Gasteiger partial charge on any atom is 0.227 e. The first-order valence-corrected chi connectivity index (χ1v) is 14.0. The van der Waals surface area contributed by atoms with Gasteiger partial charge in [0.2, 0.25) is 5.95 Å². The fourth-order valence-electron chi connectivity index (χ4n) is 6.14. The van der Waals surface area contributed by atoms with Gasteiger partial charge in [0.25, 0.3) is 0 Å². The fourth-order valence-corrected chi connectivity index (χ4v) is 6.14. The van der Waals surface area contributed by atoms with Crippen molar-refractivity contribution in [1.82, 2.24) is 19.9 Å². The molecule has 3 aromatic rings. The number of piperazine rings is 1. The second-order valence-electron chi connectivity index (χ2n) is 11.2. The van der Waals surface area contributed by atoms with Crippen molar-refractivity contribution in [1.29, 1.82) is 5.26 Å². The molecule has 0 unspecified atom stereocenters. The minimum Gasteiger partial charge on any atom is -0.370 e. The number of anilines is 3. The molecule has 4 atom stereocenters. The SMILES string of the molecule is C[C@@H]1CN(c2ccc(C#N)c3ncccc23)C[C@H](CN2CCN(c3ccnc(N4C[C@@H](C)[C@@H](N)C4)n3)CC2)O1. The number of aromatic nitrogens is 3. The van der Waals surface area contributed by atoms with Gasteiger partial charge in [-0.3, -0.25) is 9.88 Å². The van der Waals surface area contributed by atoms with Crippen LogP contribution < -0.4 is 20.4 Å². The van der Waals surface area contributed by atoms with Gasteiger partial charge in [0.15, 0.2) is 0 Å². The number of nitrogens with two attached hydrogens (primary N) is 1. The number of morpholine rings is 1. The average molecular weight is 528 g/mol. The standard InChI is InChI=1S/C29H37N9O/c1-20-15-38(19-25(20)31)29-33-9-7-27(34-29)36-12-10-35(11-13-36)17-23-18-37(16-21(2)39-23)26-6-5-22(14-30)28-24(26)4-3-8-32-28/h3-9,20-21,23,25H,10-13,15-19,31H2,1-2H3/t20-,21-,23+,25+/m1/s1. The van der Waals surface area contributed by atoms with E-state index in [1.807, 2.05) is 24.4 Å². The Morgan fingerprint density at radius 3 is 2.56 bits per heavy atom. The summed E-state index contributed by atoms with van der Waals surface area (Å²) in [7, 11) is 0. The van der Waals surface area contributed by atoms with Gasteiger partial charge in [-0.25, -0.2) is 4.98 Å². The average Bonchev–Trinajstić information content (AvgIpc) is 3.30. The second-order valence-corrected chi connectivity index (χ2v) is 11.2. The number of hydrogen-bond acceptors (Lipinski definition) is 10. The minimum atomic E-state index is 0.106. The molecule has 39 heavy (non-hydrogen) atoms. The van der Waals surface area contributed by atoms with E-state index in [1.165, 1.54) is 0 Å². The van der Waals surface area contributed by atoms with Crippen molar-refractivity contribution in [3.05, 3.63) is 48.3 Å². The summed E-state index contributed by atoms with van der Waals surface area (Å²) >= 11 is 0. The predicted octanol–water partition coefficient (Wildman–Crippen LogP) is 2.10. The largest absolute Gasteiger partial charge is 0.370 e. The molecule has 0 amide bonds. The van der Waals surface area contributed by atoms with Crippen molar-refractivity contribution in [2.45, 2.75) is 32.1 Å². The third-order valence-electron chi connectivity index (χ3n) is 8.27. The van der Waals surface area contributed by atoms with E-state index in [1.54, 1.807) is 6.20 Å². The van der Waals surface area contributed by atoms with Crippen LogP contribution in [0, 0.1) is 17.2 Å². The maximum absolute atomic E-state index is 9.53. The van der Waals surface area contributed by atoms with E-state index in [-0.39, 0.29) is 18.2 Å². The van der Waals surface area contributed by atoms with Crippen LogP contribution in [0.1, 0.15) is 19.4 Å². The molecule has 0 spiro atoms. The number of hydrogen-bond donors (Lipinski definition) is 1. The molecule has 3 aliphatic rings. The molecule has 5 heterocycles. The van der Waals surface area contributed by atoms with E-state index in [2.05, 4.69) is 61.6 Å². The number of nitriles is 1. The lowest BCUT2D eigenvalue weighted by Gasteiger charge is -2.42. The van der Waals surface area contributed by atoms with E-state index in [4.69, 9.17) is 15.5 Å². The van der Waals surface area contributed by atoms with Gasteiger partial charge in [-0.1, -0.05) is 6.92 Å². The lowest BCUT2D eigenvalue weighted by Crippen LogP contribution is -2.54. The Kier molecular flexibility index (Phi) is 7.21. The van der Waals surface area contributed by atoms with Crippen molar-refractivity contribution < 1.29 is 4.74 Å². The first kappa shape index (κ1) is 25.7. The van der Waals surface area contributed by atoms with E-state index >= 15 is 0 Å². The quantitative estimate of drug-likeness (QED) is 0.530. The normalized spacial score (nSPS) is 26.3. The third-order valence-corrected chi connectivity index (χ3v) is 8.27. The minimum absolute atomic E-state index is 0.106.